The fourth-order valence-corrected chi connectivity index (χ4v) is 4.07. The number of rotatable bonds is 6. The van der Waals surface area contributed by atoms with Gasteiger partial charge in [0.05, 0.1) is 13.2 Å². The van der Waals surface area contributed by atoms with Crippen LogP contribution in [0.3, 0.4) is 0 Å². The molecule has 3 rings (SSSR count). The number of piperidine rings is 1. The van der Waals surface area contributed by atoms with Crippen molar-refractivity contribution in [3.05, 3.63) is 29.3 Å². The van der Waals surface area contributed by atoms with E-state index in [0.29, 0.717) is 32.2 Å². The standard InChI is InChI=1S/C21H33ClN6O2/c1-2-30-21(29)28-9-6-18(7-10-28)25-20(23)24-8-11-26-12-14-27(15-13-26)19-5-3-4-17(22)16-19/h3-5,16,18H,2,6-15H2,1H3,(H3,23,24,25). The van der Waals surface area contributed by atoms with E-state index in [1.807, 2.05) is 25.1 Å². The van der Waals surface area contributed by atoms with E-state index in [1.165, 1.54) is 5.69 Å². The predicted molar refractivity (Wildman–Crippen MR) is 121 cm³/mol. The molecule has 0 radical (unpaired) electrons. The zero-order valence-electron chi connectivity index (χ0n) is 17.7. The number of nitrogens with two attached hydrogens (primary N) is 1. The summed E-state index contributed by atoms with van der Waals surface area (Å²) in [5, 5.41) is 4.07. The van der Waals surface area contributed by atoms with Crippen molar-refractivity contribution in [3.8, 4) is 0 Å². The Hall–Kier alpha value is -2.19. The summed E-state index contributed by atoms with van der Waals surface area (Å²) in [6, 6.07) is 8.28. The van der Waals surface area contributed by atoms with E-state index in [2.05, 4.69) is 26.2 Å². The number of carbonyl (C=O) groups excluding carboxylic acids is 1. The number of amides is 1. The molecule has 1 amide bonds. The summed E-state index contributed by atoms with van der Waals surface area (Å²) in [6.07, 6.45) is 1.47. The molecule has 30 heavy (non-hydrogen) atoms. The number of hydrogen-bond acceptors (Lipinski definition) is 5. The number of aliphatic imine (C=N–C) groups is 1. The van der Waals surface area contributed by atoms with Gasteiger partial charge in [0.1, 0.15) is 0 Å². The molecule has 0 spiro atoms. The summed E-state index contributed by atoms with van der Waals surface area (Å²) in [5.74, 6) is 0.488. The van der Waals surface area contributed by atoms with E-state index in [0.717, 1.165) is 50.6 Å². The van der Waals surface area contributed by atoms with Crippen molar-refractivity contribution in [2.24, 2.45) is 10.7 Å². The molecule has 166 valence electrons. The molecule has 2 fully saturated rings. The number of likely N-dealkylation sites (tertiary alicyclic amines) is 1. The van der Waals surface area contributed by atoms with Crippen LogP contribution in [0.4, 0.5) is 10.5 Å². The molecule has 0 unspecified atom stereocenters. The maximum atomic E-state index is 11.8. The lowest BCUT2D eigenvalue weighted by Gasteiger charge is -2.36. The highest BCUT2D eigenvalue weighted by Crippen LogP contribution is 2.20. The summed E-state index contributed by atoms with van der Waals surface area (Å²) >= 11 is 6.10. The van der Waals surface area contributed by atoms with Gasteiger partial charge in [-0.2, -0.15) is 0 Å². The van der Waals surface area contributed by atoms with Crippen LogP contribution in [-0.4, -0.2) is 86.9 Å². The topological polar surface area (TPSA) is 86.4 Å². The molecule has 1 aromatic carbocycles. The molecule has 3 N–H and O–H groups in total. The highest BCUT2D eigenvalue weighted by atomic mass is 35.5. The van der Waals surface area contributed by atoms with Crippen molar-refractivity contribution in [2.75, 3.05) is 63.9 Å². The van der Waals surface area contributed by atoms with Gasteiger partial charge in [-0.25, -0.2) is 4.79 Å². The first-order valence-corrected chi connectivity index (χ1v) is 11.1. The summed E-state index contributed by atoms with van der Waals surface area (Å²) in [4.78, 5) is 22.8. The van der Waals surface area contributed by atoms with Crippen LogP contribution in [0.15, 0.2) is 29.3 Å². The number of hydrogen-bond donors (Lipinski definition) is 2. The van der Waals surface area contributed by atoms with Crippen molar-refractivity contribution in [1.29, 1.82) is 0 Å². The molecule has 9 heteroatoms. The van der Waals surface area contributed by atoms with Gasteiger partial charge in [0, 0.05) is 62.6 Å². The highest BCUT2D eigenvalue weighted by molar-refractivity contribution is 6.30. The molecule has 1 aromatic rings. The molecule has 0 saturated carbocycles. The van der Waals surface area contributed by atoms with Gasteiger partial charge in [0.2, 0.25) is 0 Å². The normalized spacial score (nSPS) is 19.1. The van der Waals surface area contributed by atoms with E-state index in [-0.39, 0.29) is 12.1 Å². The third kappa shape index (κ3) is 6.67. The number of nitrogens with one attached hydrogen (secondary N) is 1. The van der Waals surface area contributed by atoms with Crippen LogP contribution < -0.4 is 16.0 Å². The molecule has 2 saturated heterocycles. The number of ether oxygens (including phenoxy) is 1. The first-order valence-electron chi connectivity index (χ1n) is 10.8. The van der Waals surface area contributed by atoms with Crippen LogP contribution in [0.2, 0.25) is 5.02 Å². The van der Waals surface area contributed by atoms with Crippen molar-refractivity contribution in [2.45, 2.75) is 25.8 Å². The van der Waals surface area contributed by atoms with Crippen LogP contribution in [0, 0.1) is 0 Å². The summed E-state index contributed by atoms with van der Waals surface area (Å²) in [6.45, 7) is 9.14. The molecular weight excluding hydrogens is 404 g/mol. The van der Waals surface area contributed by atoms with E-state index in [9.17, 15) is 4.79 Å². The number of benzene rings is 1. The SMILES string of the molecule is CCOC(=O)N1CCC(NC(N)=NCCN2CCN(c3cccc(Cl)c3)CC2)CC1. The minimum atomic E-state index is -0.229. The van der Waals surface area contributed by atoms with E-state index in [4.69, 9.17) is 22.1 Å². The zero-order valence-corrected chi connectivity index (χ0v) is 18.5. The van der Waals surface area contributed by atoms with Crippen molar-refractivity contribution in [1.82, 2.24) is 15.1 Å². The maximum absolute atomic E-state index is 11.8. The van der Waals surface area contributed by atoms with Crippen molar-refractivity contribution < 1.29 is 9.53 Å². The molecule has 2 aliphatic heterocycles. The number of nitrogens with zero attached hydrogens (tertiary/aromatic N) is 4. The number of guanidine groups is 1. The Labute approximate surface area is 184 Å². The van der Waals surface area contributed by atoms with Gasteiger partial charge in [-0.1, -0.05) is 17.7 Å². The van der Waals surface area contributed by atoms with Gasteiger partial charge >= 0.3 is 6.09 Å². The Bertz CT molecular complexity index is 715. The highest BCUT2D eigenvalue weighted by Gasteiger charge is 2.23. The summed E-state index contributed by atoms with van der Waals surface area (Å²) in [7, 11) is 0. The van der Waals surface area contributed by atoms with Gasteiger partial charge < -0.3 is 25.6 Å². The number of carbonyl (C=O) groups is 1. The average molecular weight is 437 g/mol. The summed E-state index contributed by atoms with van der Waals surface area (Å²) < 4.78 is 5.05. The first-order chi connectivity index (χ1) is 14.5. The van der Waals surface area contributed by atoms with Gasteiger partial charge in [-0.05, 0) is 38.0 Å². The average Bonchev–Trinajstić information content (AvgIpc) is 2.75. The second-order valence-electron chi connectivity index (χ2n) is 7.68. The quantitative estimate of drug-likeness (QED) is 0.524. The van der Waals surface area contributed by atoms with E-state index < -0.39 is 0 Å². The lowest BCUT2D eigenvalue weighted by Crippen LogP contribution is -2.49. The molecule has 0 bridgehead atoms. The lowest BCUT2D eigenvalue weighted by atomic mass is 10.1. The Morgan fingerprint density at radius 2 is 1.97 bits per heavy atom. The third-order valence-corrected chi connectivity index (χ3v) is 5.85. The van der Waals surface area contributed by atoms with Crippen molar-refractivity contribution in [3.63, 3.8) is 0 Å². The monoisotopic (exact) mass is 436 g/mol. The fourth-order valence-electron chi connectivity index (χ4n) is 3.89. The number of anilines is 1. The van der Waals surface area contributed by atoms with Crippen LogP contribution in [0.25, 0.3) is 0 Å². The van der Waals surface area contributed by atoms with Gasteiger partial charge in [-0.3, -0.25) is 9.89 Å². The Morgan fingerprint density at radius 1 is 1.23 bits per heavy atom. The minimum absolute atomic E-state index is 0.229. The predicted octanol–water partition coefficient (Wildman–Crippen LogP) is 1.99. The van der Waals surface area contributed by atoms with Crippen LogP contribution >= 0.6 is 11.6 Å². The molecule has 8 nitrogen and oxygen atoms in total. The largest absolute Gasteiger partial charge is 0.450 e. The first kappa shape index (κ1) is 22.5. The zero-order chi connectivity index (χ0) is 21.3. The van der Waals surface area contributed by atoms with Gasteiger partial charge in [0.25, 0.3) is 0 Å². The Balaban J connectivity index is 1.33. The molecule has 2 heterocycles. The fraction of sp³-hybridized carbons (Fsp3) is 0.619. The molecule has 0 aliphatic carbocycles. The molecule has 2 aliphatic rings. The lowest BCUT2D eigenvalue weighted by molar-refractivity contribution is 0.0963. The van der Waals surface area contributed by atoms with E-state index >= 15 is 0 Å². The minimum Gasteiger partial charge on any atom is -0.450 e. The Kier molecular flexibility index (Phi) is 8.45. The van der Waals surface area contributed by atoms with Crippen LogP contribution in [-0.2, 0) is 4.74 Å². The molecule has 0 aromatic heterocycles. The van der Waals surface area contributed by atoms with Gasteiger partial charge in [-0.15, -0.1) is 0 Å². The second-order valence-corrected chi connectivity index (χ2v) is 8.12. The summed E-state index contributed by atoms with van der Waals surface area (Å²) in [5.41, 5.74) is 7.25. The number of piperazine rings is 1. The Morgan fingerprint density at radius 3 is 2.63 bits per heavy atom. The van der Waals surface area contributed by atoms with Crippen molar-refractivity contribution >= 4 is 29.3 Å². The molecular formula is C21H33ClN6O2. The van der Waals surface area contributed by atoms with Crippen LogP contribution in [0.5, 0.6) is 0 Å². The van der Waals surface area contributed by atoms with Crippen LogP contribution in [0.1, 0.15) is 19.8 Å². The molecule has 0 atom stereocenters. The van der Waals surface area contributed by atoms with E-state index in [1.54, 1.807) is 4.90 Å². The second kappa shape index (κ2) is 11.3. The smallest absolute Gasteiger partial charge is 0.409 e. The number of halogens is 1. The maximum Gasteiger partial charge on any atom is 0.409 e. The third-order valence-electron chi connectivity index (χ3n) is 5.62. The van der Waals surface area contributed by atoms with Gasteiger partial charge in [0.15, 0.2) is 5.96 Å².